The number of carbonyl (C=O) groups is 1. The van der Waals surface area contributed by atoms with Gasteiger partial charge in [-0.3, -0.25) is 4.79 Å². The van der Waals surface area contributed by atoms with E-state index >= 15 is 0 Å². The summed E-state index contributed by atoms with van der Waals surface area (Å²) < 4.78 is 0. The van der Waals surface area contributed by atoms with Crippen LogP contribution < -0.4 is 21.3 Å². The van der Waals surface area contributed by atoms with Crippen molar-refractivity contribution in [2.45, 2.75) is 31.7 Å². The van der Waals surface area contributed by atoms with Crippen LogP contribution in [0.1, 0.15) is 46.2 Å². The zero-order valence-electron chi connectivity index (χ0n) is 18.3. The fourth-order valence-corrected chi connectivity index (χ4v) is 5.64. The van der Waals surface area contributed by atoms with Crippen molar-refractivity contribution in [1.29, 1.82) is 0 Å². The van der Waals surface area contributed by atoms with E-state index in [1.54, 1.807) is 17.3 Å². The van der Waals surface area contributed by atoms with Crippen LogP contribution in [0.2, 0.25) is 0 Å². The Morgan fingerprint density at radius 3 is 2.70 bits per heavy atom. The monoisotopic (exact) mass is 442 g/mol. The van der Waals surface area contributed by atoms with Crippen LogP contribution in [0.15, 0.2) is 43.0 Å². The van der Waals surface area contributed by atoms with Crippen molar-refractivity contribution in [2.24, 2.45) is 11.1 Å². The first kappa shape index (κ1) is 20.0. The van der Waals surface area contributed by atoms with Gasteiger partial charge in [-0.25, -0.2) is 19.9 Å². The van der Waals surface area contributed by atoms with Gasteiger partial charge in [-0.05, 0) is 35.8 Å². The molecule has 1 spiro atoms. The number of nitrogen functional groups attached to an aromatic ring is 1. The fraction of sp³-hybridized carbons (Fsp3) is 0.375. The average molecular weight is 443 g/mol. The molecule has 1 atom stereocenters. The highest BCUT2D eigenvalue weighted by Gasteiger charge is 2.46. The van der Waals surface area contributed by atoms with Crippen molar-refractivity contribution < 1.29 is 4.79 Å². The van der Waals surface area contributed by atoms with Gasteiger partial charge in [0.25, 0.3) is 5.91 Å². The van der Waals surface area contributed by atoms with Crippen LogP contribution in [0.5, 0.6) is 0 Å². The minimum Gasteiger partial charge on any atom is -0.382 e. The summed E-state index contributed by atoms with van der Waals surface area (Å²) >= 11 is 0. The normalized spacial score (nSPS) is 20.7. The molecule has 2 aliphatic heterocycles. The summed E-state index contributed by atoms with van der Waals surface area (Å²) in [5, 5.41) is 0. The van der Waals surface area contributed by atoms with Gasteiger partial charge in [0.15, 0.2) is 11.5 Å². The Bertz CT molecular complexity index is 1240. The van der Waals surface area contributed by atoms with Gasteiger partial charge < -0.3 is 21.3 Å². The number of piperidine rings is 1. The predicted molar refractivity (Wildman–Crippen MR) is 125 cm³/mol. The number of anilines is 3. The molecular weight excluding hydrogens is 416 g/mol. The van der Waals surface area contributed by atoms with E-state index in [1.807, 2.05) is 0 Å². The number of hydrogen-bond donors (Lipinski definition) is 2. The maximum Gasteiger partial charge on any atom is 0.280 e. The van der Waals surface area contributed by atoms with Crippen molar-refractivity contribution in [3.05, 3.63) is 65.5 Å². The lowest BCUT2D eigenvalue weighted by Gasteiger charge is -2.42. The van der Waals surface area contributed by atoms with E-state index in [2.05, 4.69) is 49.1 Å². The maximum absolute atomic E-state index is 13.1. The zero-order valence-corrected chi connectivity index (χ0v) is 18.3. The lowest BCUT2D eigenvalue weighted by atomic mass is 9.73. The lowest BCUT2D eigenvalue weighted by molar-refractivity contribution is 0.0985. The molecule has 4 heterocycles. The Hall–Kier alpha value is -3.59. The number of carbonyl (C=O) groups excluding carboxylic acids is 1. The minimum absolute atomic E-state index is 0.0688. The van der Waals surface area contributed by atoms with Crippen LogP contribution in [-0.4, -0.2) is 45.5 Å². The van der Waals surface area contributed by atoms with Gasteiger partial charge in [-0.1, -0.05) is 24.3 Å². The number of hydrogen-bond acceptors (Lipinski definition) is 8. The molecular formula is C24H26N8O. The Morgan fingerprint density at radius 2 is 1.91 bits per heavy atom. The molecule has 9 nitrogen and oxygen atoms in total. The Balaban J connectivity index is 1.18. The second-order valence-electron chi connectivity index (χ2n) is 9.23. The molecule has 0 saturated carbocycles. The molecule has 33 heavy (non-hydrogen) atoms. The van der Waals surface area contributed by atoms with Crippen molar-refractivity contribution in [3.8, 4) is 0 Å². The summed E-state index contributed by atoms with van der Waals surface area (Å²) in [6, 6.07) is 8.59. The summed E-state index contributed by atoms with van der Waals surface area (Å²) in [7, 11) is 0. The van der Waals surface area contributed by atoms with Gasteiger partial charge >= 0.3 is 0 Å². The summed E-state index contributed by atoms with van der Waals surface area (Å²) in [5.74, 6) is 0.577. The third-order valence-corrected chi connectivity index (χ3v) is 7.55. The number of nitrogens with two attached hydrogens (primary N) is 2. The molecule has 1 fully saturated rings. The number of rotatable bonds is 2. The minimum atomic E-state index is -0.271. The van der Waals surface area contributed by atoms with E-state index in [4.69, 9.17) is 11.5 Å². The molecule has 1 saturated heterocycles. The molecule has 6 rings (SSSR count). The molecule has 0 radical (unpaired) electrons. The van der Waals surface area contributed by atoms with Crippen LogP contribution in [-0.2, 0) is 12.8 Å². The number of benzene rings is 1. The van der Waals surface area contributed by atoms with Crippen LogP contribution in [0, 0.1) is 5.41 Å². The molecule has 1 aliphatic carbocycles. The predicted octanol–water partition coefficient (Wildman–Crippen LogP) is 1.89. The van der Waals surface area contributed by atoms with Crippen LogP contribution in [0.4, 0.5) is 17.3 Å². The lowest BCUT2D eigenvalue weighted by Crippen LogP contribution is -2.44. The van der Waals surface area contributed by atoms with Gasteiger partial charge in [-0.15, -0.1) is 0 Å². The molecule has 3 aliphatic rings. The number of fused-ring (bicyclic) bond motifs is 2. The highest BCUT2D eigenvalue weighted by atomic mass is 16.2. The second kappa shape index (κ2) is 7.48. The molecule has 9 heteroatoms. The van der Waals surface area contributed by atoms with E-state index in [0.717, 1.165) is 38.0 Å². The van der Waals surface area contributed by atoms with E-state index < -0.39 is 0 Å². The summed E-state index contributed by atoms with van der Waals surface area (Å²) in [4.78, 5) is 34.2. The van der Waals surface area contributed by atoms with Crippen molar-refractivity contribution in [3.63, 3.8) is 0 Å². The van der Waals surface area contributed by atoms with Crippen LogP contribution in [0.3, 0.4) is 0 Å². The second-order valence-corrected chi connectivity index (χ2v) is 9.23. The van der Waals surface area contributed by atoms with E-state index in [0.29, 0.717) is 24.5 Å². The Labute approximate surface area is 191 Å². The standard InChI is InChI=1S/C24H26N8O/c25-21-16-4-2-1-3-15(16)11-24(21)6-9-31(10-7-24)19-13-28-20(22(26)30-19)23(33)32-8-5-17-18(32)12-27-14-29-17/h1-4,12-14,21H,5-11,25H2,(H2,26,30)/t21-/m1/s1. The van der Waals surface area contributed by atoms with Crippen LogP contribution in [0.25, 0.3) is 0 Å². The van der Waals surface area contributed by atoms with Gasteiger partial charge in [0.2, 0.25) is 0 Å². The van der Waals surface area contributed by atoms with Crippen LogP contribution >= 0.6 is 0 Å². The number of amides is 1. The topological polar surface area (TPSA) is 127 Å². The van der Waals surface area contributed by atoms with Gasteiger partial charge in [-0.2, -0.15) is 0 Å². The van der Waals surface area contributed by atoms with E-state index in [-0.39, 0.29) is 28.9 Å². The highest BCUT2D eigenvalue weighted by Crippen LogP contribution is 2.50. The molecule has 2 aromatic heterocycles. The first-order chi connectivity index (χ1) is 16.1. The third kappa shape index (κ3) is 3.14. The molecule has 1 aromatic carbocycles. The molecule has 168 valence electrons. The van der Waals surface area contributed by atoms with Gasteiger partial charge in [0.05, 0.1) is 23.8 Å². The van der Waals surface area contributed by atoms with Gasteiger partial charge in [0.1, 0.15) is 12.1 Å². The zero-order chi connectivity index (χ0) is 22.6. The molecule has 4 N–H and O–H groups in total. The smallest absolute Gasteiger partial charge is 0.280 e. The highest BCUT2D eigenvalue weighted by molar-refractivity contribution is 6.08. The Kier molecular flexibility index (Phi) is 4.55. The first-order valence-electron chi connectivity index (χ1n) is 11.4. The average Bonchev–Trinajstić information content (AvgIpc) is 3.39. The van der Waals surface area contributed by atoms with Crippen molar-refractivity contribution in [2.75, 3.05) is 35.2 Å². The quantitative estimate of drug-likeness (QED) is 0.616. The Morgan fingerprint density at radius 1 is 1.09 bits per heavy atom. The molecule has 0 unspecified atom stereocenters. The molecule has 0 bridgehead atoms. The SMILES string of the molecule is Nc1nc(N2CCC3(CC2)Cc2ccccc2[C@H]3N)cnc1C(=O)N1CCc2ncncc21. The van der Waals surface area contributed by atoms with Crippen molar-refractivity contribution in [1.82, 2.24) is 19.9 Å². The molecule has 3 aromatic rings. The molecule has 1 amide bonds. The van der Waals surface area contributed by atoms with Crippen molar-refractivity contribution >= 4 is 23.2 Å². The van der Waals surface area contributed by atoms with E-state index in [1.165, 1.54) is 17.5 Å². The summed E-state index contributed by atoms with van der Waals surface area (Å²) in [6.07, 6.45) is 8.49. The summed E-state index contributed by atoms with van der Waals surface area (Å²) in [5.41, 5.74) is 17.4. The first-order valence-corrected chi connectivity index (χ1v) is 11.4. The largest absolute Gasteiger partial charge is 0.382 e. The van der Waals surface area contributed by atoms with Gasteiger partial charge in [0, 0.05) is 32.1 Å². The number of nitrogens with zero attached hydrogens (tertiary/aromatic N) is 6. The van der Waals surface area contributed by atoms with E-state index in [9.17, 15) is 4.79 Å². The number of aromatic nitrogens is 4. The maximum atomic E-state index is 13.1. The fourth-order valence-electron chi connectivity index (χ4n) is 5.64. The summed E-state index contributed by atoms with van der Waals surface area (Å²) in [6.45, 7) is 2.20. The third-order valence-electron chi connectivity index (χ3n) is 7.55.